The number of amides is 1. The van der Waals surface area contributed by atoms with Gasteiger partial charge in [-0.05, 0) is 61.0 Å². The SMILES string of the molecule is COc1cccc(C(=O)Nc2ccc(Nc3ccc(-c4cn(CCCO)nn4)cc3)cc2)c1. The summed E-state index contributed by atoms with van der Waals surface area (Å²) in [5, 5.41) is 23.4. The number of nitrogens with one attached hydrogen (secondary N) is 2. The van der Waals surface area contributed by atoms with Crippen LogP contribution in [-0.4, -0.2) is 39.7 Å². The van der Waals surface area contributed by atoms with E-state index in [1.165, 1.54) is 0 Å². The maximum atomic E-state index is 12.5. The Labute approximate surface area is 191 Å². The second-order valence-electron chi connectivity index (χ2n) is 7.41. The van der Waals surface area contributed by atoms with E-state index >= 15 is 0 Å². The highest BCUT2D eigenvalue weighted by atomic mass is 16.5. The summed E-state index contributed by atoms with van der Waals surface area (Å²) >= 11 is 0. The molecule has 1 amide bonds. The second-order valence-corrected chi connectivity index (χ2v) is 7.41. The topological polar surface area (TPSA) is 101 Å². The van der Waals surface area contributed by atoms with Gasteiger partial charge in [-0.2, -0.15) is 0 Å². The number of methoxy groups -OCH3 is 1. The number of hydrogen-bond acceptors (Lipinski definition) is 6. The molecular weight excluding hydrogens is 418 g/mol. The molecule has 3 aromatic carbocycles. The molecule has 3 N–H and O–H groups in total. The molecule has 33 heavy (non-hydrogen) atoms. The van der Waals surface area contributed by atoms with Crippen molar-refractivity contribution in [2.75, 3.05) is 24.4 Å². The van der Waals surface area contributed by atoms with Gasteiger partial charge in [0.25, 0.3) is 5.91 Å². The lowest BCUT2D eigenvalue weighted by molar-refractivity contribution is 0.102. The van der Waals surface area contributed by atoms with Crippen LogP contribution in [0.4, 0.5) is 17.1 Å². The first kappa shape index (κ1) is 22.0. The predicted octanol–water partition coefficient (Wildman–Crippen LogP) is 4.33. The van der Waals surface area contributed by atoms with Crippen molar-refractivity contribution >= 4 is 23.0 Å². The predicted molar refractivity (Wildman–Crippen MR) is 128 cm³/mol. The highest BCUT2D eigenvalue weighted by Crippen LogP contribution is 2.23. The number of carbonyl (C=O) groups excluding carboxylic acids is 1. The zero-order valence-electron chi connectivity index (χ0n) is 18.2. The van der Waals surface area contributed by atoms with Crippen LogP contribution in [0.25, 0.3) is 11.3 Å². The van der Waals surface area contributed by atoms with Gasteiger partial charge in [-0.15, -0.1) is 5.10 Å². The van der Waals surface area contributed by atoms with Gasteiger partial charge in [0.1, 0.15) is 11.4 Å². The number of rotatable bonds is 9. The average Bonchev–Trinajstić information content (AvgIpc) is 3.33. The Morgan fingerprint density at radius 1 is 1.00 bits per heavy atom. The van der Waals surface area contributed by atoms with Crippen molar-refractivity contribution in [3.05, 3.63) is 84.6 Å². The summed E-state index contributed by atoms with van der Waals surface area (Å²) in [4.78, 5) is 12.5. The number of hydrogen-bond donors (Lipinski definition) is 3. The number of carbonyl (C=O) groups is 1. The lowest BCUT2D eigenvalue weighted by atomic mass is 10.1. The number of ether oxygens (including phenoxy) is 1. The molecule has 0 atom stereocenters. The van der Waals surface area contributed by atoms with Crippen LogP contribution >= 0.6 is 0 Å². The lowest BCUT2D eigenvalue weighted by Gasteiger charge is -2.10. The summed E-state index contributed by atoms with van der Waals surface area (Å²) in [6, 6.07) is 22.4. The van der Waals surface area contributed by atoms with E-state index in [1.807, 2.05) is 54.7 Å². The van der Waals surface area contributed by atoms with E-state index in [2.05, 4.69) is 20.9 Å². The van der Waals surface area contributed by atoms with Gasteiger partial charge >= 0.3 is 0 Å². The first-order valence-electron chi connectivity index (χ1n) is 10.6. The Morgan fingerprint density at radius 3 is 2.39 bits per heavy atom. The summed E-state index contributed by atoms with van der Waals surface area (Å²) in [6.45, 7) is 0.768. The molecule has 4 aromatic rings. The molecule has 8 nitrogen and oxygen atoms in total. The summed E-state index contributed by atoms with van der Waals surface area (Å²) in [5.41, 5.74) is 4.82. The van der Waals surface area contributed by atoms with Crippen LogP contribution < -0.4 is 15.4 Å². The van der Waals surface area contributed by atoms with E-state index in [4.69, 9.17) is 9.84 Å². The smallest absolute Gasteiger partial charge is 0.255 e. The highest BCUT2D eigenvalue weighted by molar-refractivity contribution is 6.04. The summed E-state index contributed by atoms with van der Waals surface area (Å²) in [5.74, 6) is 0.443. The fraction of sp³-hybridized carbons (Fsp3) is 0.160. The van der Waals surface area contributed by atoms with Crippen LogP contribution in [0.5, 0.6) is 5.75 Å². The fourth-order valence-corrected chi connectivity index (χ4v) is 3.27. The van der Waals surface area contributed by atoms with E-state index in [1.54, 1.807) is 36.1 Å². The van der Waals surface area contributed by atoms with Gasteiger partial charge in [0.2, 0.25) is 0 Å². The molecule has 0 unspecified atom stereocenters. The third-order valence-corrected chi connectivity index (χ3v) is 5.03. The number of aromatic nitrogens is 3. The molecule has 0 fully saturated rings. The summed E-state index contributed by atoms with van der Waals surface area (Å²) in [6.07, 6.45) is 2.52. The number of aliphatic hydroxyl groups is 1. The van der Waals surface area contributed by atoms with E-state index in [0.717, 1.165) is 22.6 Å². The molecule has 0 aliphatic heterocycles. The van der Waals surface area contributed by atoms with Crippen molar-refractivity contribution in [2.45, 2.75) is 13.0 Å². The molecule has 0 saturated heterocycles. The van der Waals surface area contributed by atoms with Crippen LogP contribution in [0.15, 0.2) is 79.0 Å². The number of benzene rings is 3. The van der Waals surface area contributed by atoms with Crippen LogP contribution in [0.1, 0.15) is 16.8 Å². The van der Waals surface area contributed by atoms with E-state index < -0.39 is 0 Å². The Kier molecular flexibility index (Phi) is 6.96. The van der Waals surface area contributed by atoms with Crippen LogP contribution in [0.2, 0.25) is 0 Å². The van der Waals surface area contributed by atoms with Crippen molar-refractivity contribution in [1.82, 2.24) is 15.0 Å². The maximum Gasteiger partial charge on any atom is 0.255 e. The van der Waals surface area contributed by atoms with Gasteiger partial charge in [0.15, 0.2) is 0 Å². The zero-order chi connectivity index (χ0) is 23.0. The molecule has 0 saturated carbocycles. The molecule has 4 rings (SSSR count). The quantitative estimate of drug-likeness (QED) is 0.356. The molecule has 1 heterocycles. The molecular formula is C25H25N5O3. The van der Waals surface area contributed by atoms with Crippen LogP contribution in [0, 0.1) is 0 Å². The minimum atomic E-state index is -0.196. The fourth-order valence-electron chi connectivity index (χ4n) is 3.27. The number of anilines is 3. The van der Waals surface area contributed by atoms with Gasteiger partial charge in [-0.25, -0.2) is 0 Å². The van der Waals surface area contributed by atoms with Crippen LogP contribution in [-0.2, 0) is 6.54 Å². The Morgan fingerprint density at radius 2 is 1.70 bits per heavy atom. The summed E-state index contributed by atoms with van der Waals surface area (Å²) < 4.78 is 6.90. The highest BCUT2D eigenvalue weighted by Gasteiger charge is 2.08. The zero-order valence-corrected chi connectivity index (χ0v) is 18.2. The Bertz CT molecular complexity index is 1200. The standard InChI is InChI=1S/C25H25N5O3/c1-33-23-5-2-4-19(16-23)25(32)27-22-12-10-21(11-13-22)26-20-8-6-18(7-9-20)24-17-30(29-28-24)14-3-15-31/h2,4-13,16-17,26,31H,3,14-15H2,1H3,(H,27,32). The normalized spacial score (nSPS) is 10.6. The molecule has 1 aromatic heterocycles. The molecule has 0 spiro atoms. The van der Waals surface area contributed by atoms with Gasteiger partial charge in [0, 0.05) is 41.3 Å². The third-order valence-electron chi connectivity index (χ3n) is 5.03. The lowest BCUT2D eigenvalue weighted by Crippen LogP contribution is -2.11. The largest absolute Gasteiger partial charge is 0.497 e. The molecule has 0 aliphatic carbocycles. The van der Waals surface area contributed by atoms with Crippen molar-refractivity contribution in [1.29, 1.82) is 0 Å². The first-order chi connectivity index (χ1) is 16.1. The van der Waals surface area contributed by atoms with Crippen molar-refractivity contribution in [2.24, 2.45) is 0 Å². The monoisotopic (exact) mass is 443 g/mol. The van der Waals surface area contributed by atoms with E-state index in [9.17, 15) is 4.79 Å². The molecule has 168 valence electrons. The average molecular weight is 444 g/mol. The van der Waals surface area contributed by atoms with Gasteiger partial charge in [-0.1, -0.05) is 23.4 Å². The Balaban J connectivity index is 1.35. The molecule has 0 aliphatic rings. The number of nitrogens with zero attached hydrogens (tertiary/aromatic N) is 3. The second kappa shape index (κ2) is 10.4. The number of aryl methyl sites for hydroxylation is 1. The third kappa shape index (κ3) is 5.75. The van der Waals surface area contributed by atoms with Crippen molar-refractivity contribution < 1.29 is 14.6 Å². The van der Waals surface area contributed by atoms with Crippen molar-refractivity contribution in [3.8, 4) is 17.0 Å². The minimum absolute atomic E-state index is 0.130. The van der Waals surface area contributed by atoms with Gasteiger partial charge < -0.3 is 20.5 Å². The van der Waals surface area contributed by atoms with Crippen LogP contribution in [0.3, 0.4) is 0 Å². The van der Waals surface area contributed by atoms with E-state index in [-0.39, 0.29) is 12.5 Å². The molecule has 0 radical (unpaired) electrons. The number of aliphatic hydroxyl groups excluding tert-OH is 1. The Hall–Kier alpha value is -4.17. The van der Waals surface area contributed by atoms with Crippen molar-refractivity contribution in [3.63, 3.8) is 0 Å². The minimum Gasteiger partial charge on any atom is -0.497 e. The van der Waals surface area contributed by atoms with Gasteiger partial charge in [-0.3, -0.25) is 9.48 Å². The maximum absolute atomic E-state index is 12.5. The van der Waals surface area contributed by atoms with E-state index in [0.29, 0.717) is 30.0 Å². The summed E-state index contributed by atoms with van der Waals surface area (Å²) in [7, 11) is 1.57. The molecule has 0 bridgehead atoms. The van der Waals surface area contributed by atoms with Gasteiger partial charge in [0.05, 0.1) is 13.3 Å². The first-order valence-corrected chi connectivity index (χ1v) is 10.6. The molecule has 8 heteroatoms.